The van der Waals surface area contributed by atoms with Gasteiger partial charge in [0.25, 0.3) is 5.91 Å². The number of carbonyl (C=O) groups is 1. The van der Waals surface area contributed by atoms with Gasteiger partial charge in [-0.15, -0.1) is 0 Å². The molecule has 4 nitrogen and oxygen atoms in total. The van der Waals surface area contributed by atoms with Gasteiger partial charge in [0.15, 0.2) is 0 Å². The number of carbonyl (C=O) groups excluding carboxylic acids is 1. The van der Waals surface area contributed by atoms with Crippen LogP contribution in [0, 0.1) is 0 Å². The molecule has 124 valence electrons. The maximum Gasteiger partial charge on any atom is 0.255 e. The van der Waals surface area contributed by atoms with Crippen molar-refractivity contribution in [2.75, 3.05) is 6.61 Å². The molecule has 1 saturated heterocycles. The number of rotatable bonds is 2. The van der Waals surface area contributed by atoms with Gasteiger partial charge in [0.2, 0.25) is 0 Å². The molecule has 4 rings (SSSR count). The van der Waals surface area contributed by atoms with Crippen molar-refractivity contribution in [1.82, 2.24) is 5.32 Å². The number of benzene rings is 1. The van der Waals surface area contributed by atoms with Crippen molar-refractivity contribution >= 4 is 5.91 Å². The fourth-order valence-corrected chi connectivity index (χ4v) is 4.57. The Morgan fingerprint density at radius 2 is 1.91 bits per heavy atom. The molecular weight excluding hydrogens is 290 g/mol. The minimum Gasteiger partial charge on any atom is -0.507 e. The minimum atomic E-state index is -0.225. The van der Waals surface area contributed by atoms with Crippen molar-refractivity contribution in [2.45, 2.75) is 69.4 Å². The van der Waals surface area contributed by atoms with Gasteiger partial charge in [-0.1, -0.05) is 12.8 Å². The number of nitrogens with one attached hydrogen (secondary N) is 1. The molecule has 2 N–H and O–H groups in total. The summed E-state index contributed by atoms with van der Waals surface area (Å²) in [6.45, 7) is 0.723. The van der Waals surface area contributed by atoms with Gasteiger partial charge in [-0.2, -0.15) is 0 Å². The Hall–Kier alpha value is -1.55. The molecule has 3 aliphatic rings. The maximum atomic E-state index is 12.8. The second-order valence-electron chi connectivity index (χ2n) is 7.31. The lowest BCUT2D eigenvalue weighted by atomic mass is 9.78. The Kier molecular flexibility index (Phi) is 3.80. The molecule has 0 radical (unpaired) electrons. The number of ether oxygens (including phenoxy) is 1. The summed E-state index contributed by atoms with van der Waals surface area (Å²) in [5.41, 5.74) is 2.62. The lowest BCUT2D eigenvalue weighted by Gasteiger charge is -2.38. The van der Waals surface area contributed by atoms with E-state index in [4.69, 9.17) is 4.74 Å². The lowest BCUT2D eigenvalue weighted by Crippen LogP contribution is -2.55. The highest BCUT2D eigenvalue weighted by Gasteiger charge is 2.46. The molecule has 4 heteroatoms. The van der Waals surface area contributed by atoms with Gasteiger partial charge in [0, 0.05) is 6.61 Å². The molecule has 0 bridgehead atoms. The predicted molar refractivity (Wildman–Crippen MR) is 87.8 cm³/mol. The predicted octanol–water partition coefficient (Wildman–Crippen LogP) is 3.10. The third-order valence-corrected chi connectivity index (χ3v) is 5.89. The van der Waals surface area contributed by atoms with Crippen molar-refractivity contribution in [2.24, 2.45) is 0 Å². The van der Waals surface area contributed by atoms with E-state index in [9.17, 15) is 9.90 Å². The van der Waals surface area contributed by atoms with E-state index in [0.29, 0.717) is 5.56 Å². The molecule has 1 heterocycles. The van der Waals surface area contributed by atoms with E-state index in [1.165, 1.54) is 30.4 Å². The normalized spacial score (nSPS) is 29.7. The number of phenols is 1. The Morgan fingerprint density at radius 1 is 1.13 bits per heavy atom. The Bertz CT molecular complexity index is 627. The fourth-order valence-electron chi connectivity index (χ4n) is 4.57. The highest BCUT2D eigenvalue weighted by molar-refractivity contribution is 5.97. The lowest BCUT2D eigenvalue weighted by molar-refractivity contribution is 0.0368. The average Bonchev–Trinajstić information content (AvgIpc) is 2.97. The van der Waals surface area contributed by atoms with Crippen LogP contribution in [0.2, 0.25) is 0 Å². The Balaban J connectivity index is 1.59. The second-order valence-corrected chi connectivity index (χ2v) is 7.31. The van der Waals surface area contributed by atoms with Crippen LogP contribution < -0.4 is 5.32 Å². The van der Waals surface area contributed by atoms with Crippen LogP contribution in [0.4, 0.5) is 0 Å². The zero-order valence-electron chi connectivity index (χ0n) is 13.6. The van der Waals surface area contributed by atoms with Crippen LogP contribution in [-0.4, -0.2) is 29.3 Å². The van der Waals surface area contributed by atoms with Crippen molar-refractivity contribution in [3.63, 3.8) is 0 Å². The van der Waals surface area contributed by atoms with Crippen LogP contribution in [0.15, 0.2) is 12.1 Å². The van der Waals surface area contributed by atoms with Crippen LogP contribution in [0.5, 0.6) is 5.75 Å². The zero-order chi connectivity index (χ0) is 15.9. The van der Waals surface area contributed by atoms with Crippen LogP contribution >= 0.6 is 0 Å². The number of aryl methyl sites for hydroxylation is 2. The van der Waals surface area contributed by atoms with E-state index in [1.54, 1.807) is 6.07 Å². The van der Waals surface area contributed by atoms with Gasteiger partial charge >= 0.3 is 0 Å². The van der Waals surface area contributed by atoms with E-state index in [-0.39, 0.29) is 23.3 Å². The molecule has 1 aliphatic heterocycles. The molecule has 1 aromatic carbocycles. The second kappa shape index (κ2) is 5.82. The summed E-state index contributed by atoms with van der Waals surface area (Å²) in [4.78, 5) is 12.8. The number of hydrogen-bond donors (Lipinski definition) is 2. The Labute approximate surface area is 137 Å². The van der Waals surface area contributed by atoms with E-state index in [0.717, 1.165) is 45.1 Å². The summed E-state index contributed by atoms with van der Waals surface area (Å²) >= 11 is 0. The number of fused-ring (bicyclic) bond motifs is 2. The number of hydrogen-bond acceptors (Lipinski definition) is 3. The molecule has 1 saturated carbocycles. The number of amides is 1. The third kappa shape index (κ3) is 2.63. The molecule has 0 aromatic heterocycles. The minimum absolute atomic E-state index is 0.117. The maximum absolute atomic E-state index is 12.8. The van der Waals surface area contributed by atoms with Gasteiger partial charge in [0.1, 0.15) is 5.75 Å². The summed E-state index contributed by atoms with van der Waals surface area (Å²) in [7, 11) is 0. The molecule has 2 aliphatic carbocycles. The highest BCUT2D eigenvalue weighted by atomic mass is 16.5. The smallest absolute Gasteiger partial charge is 0.255 e. The topological polar surface area (TPSA) is 58.6 Å². The molecule has 23 heavy (non-hydrogen) atoms. The zero-order valence-corrected chi connectivity index (χ0v) is 13.6. The SMILES string of the molecule is O=C(NC12CCCCC1OCC2)c1cc2c(cc1O)CCCC2. The first-order valence-electron chi connectivity index (χ1n) is 8.97. The number of phenolic OH excluding ortho intramolecular Hbond substituents is 1. The Morgan fingerprint density at radius 3 is 2.74 bits per heavy atom. The van der Waals surface area contributed by atoms with Crippen molar-refractivity contribution in [1.29, 1.82) is 0 Å². The van der Waals surface area contributed by atoms with Crippen molar-refractivity contribution in [3.8, 4) is 5.75 Å². The van der Waals surface area contributed by atoms with Crippen LogP contribution in [0.25, 0.3) is 0 Å². The third-order valence-electron chi connectivity index (χ3n) is 5.89. The molecule has 2 unspecified atom stereocenters. The highest BCUT2D eigenvalue weighted by Crippen LogP contribution is 2.39. The van der Waals surface area contributed by atoms with Crippen LogP contribution in [0.1, 0.15) is 66.4 Å². The summed E-state index contributed by atoms with van der Waals surface area (Å²) in [5.74, 6) is -0.0286. The first-order chi connectivity index (χ1) is 11.2. The van der Waals surface area contributed by atoms with Gasteiger partial charge in [-0.3, -0.25) is 4.79 Å². The van der Waals surface area contributed by atoms with E-state index in [2.05, 4.69) is 5.32 Å². The van der Waals surface area contributed by atoms with Gasteiger partial charge < -0.3 is 15.2 Å². The number of aromatic hydroxyl groups is 1. The summed E-state index contributed by atoms with van der Waals surface area (Å²) in [6.07, 6.45) is 9.68. The van der Waals surface area contributed by atoms with Gasteiger partial charge in [-0.25, -0.2) is 0 Å². The molecule has 2 fully saturated rings. The summed E-state index contributed by atoms with van der Waals surface area (Å²) in [5, 5.41) is 13.5. The average molecular weight is 315 g/mol. The summed E-state index contributed by atoms with van der Waals surface area (Å²) < 4.78 is 5.84. The van der Waals surface area contributed by atoms with Crippen LogP contribution in [0.3, 0.4) is 0 Å². The molecule has 0 spiro atoms. The quantitative estimate of drug-likeness (QED) is 0.881. The standard InChI is InChI=1S/C19H25NO3/c21-16-12-14-6-2-1-5-13(14)11-15(16)18(22)20-19-8-4-3-7-17(19)23-10-9-19/h11-12,17,21H,1-10H2,(H,20,22). The largest absolute Gasteiger partial charge is 0.507 e. The van der Waals surface area contributed by atoms with Crippen LogP contribution in [-0.2, 0) is 17.6 Å². The van der Waals surface area contributed by atoms with E-state index < -0.39 is 0 Å². The first kappa shape index (κ1) is 15.0. The van der Waals surface area contributed by atoms with E-state index in [1.807, 2.05) is 6.07 Å². The van der Waals surface area contributed by atoms with E-state index >= 15 is 0 Å². The molecule has 1 amide bonds. The van der Waals surface area contributed by atoms with Gasteiger partial charge in [0.05, 0.1) is 17.2 Å². The first-order valence-corrected chi connectivity index (χ1v) is 8.97. The fraction of sp³-hybridized carbons (Fsp3) is 0.632. The van der Waals surface area contributed by atoms with Gasteiger partial charge in [-0.05, 0) is 68.2 Å². The van der Waals surface area contributed by atoms with Crippen molar-refractivity contribution in [3.05, 3.63) is 28.8 Å². The monoisotopic (exact) mass is 315 g/mol. The molecule has 1 aromatic rings. The summed E-state index contributed by atoms with van der Waals surface area (Å²) in [6, 6.07) is 3.70. The van der Waals surface area contributed by atoms with Crippen molar-refractivity contribution < 1.29 is 14.6 Å². The molecular formula is C19H25NO3. The molecule has 2 atom stereocenters.